The Morgan fingerprint density at radius 1 is 0.909 bits per heavy atom. The second-order valence-corrected chi connectivity index (χ2v) is 11.3. The van der Waals surface area contributed by atoms with E-state index in [2.05, 4.69) is 0 Å². The van der Waals surface area contributed by atoms with E-state index in [9.17, 15) is 9.59 Å². The summed E-state index contributed by atoms with van der Waals surface area (Å²) in [7, 11) is 0. The van der Waals surface area contributed by atoms with Gasteiger partial charge in [0.1, 0.15) is 18.1 Å². The van der Waals surface area contributed by atoms with Crippen molar-refractivity contribution in [1.29, 1.82) is 0 Å². The fourth-order valence-corrected chi connectivity index (χ4v) is 6.47. The van der Waals surface area contributed by atoms with Gasteiger partial charge >= 0.3 is 5.97 Å². The van der Waals surface area contributed by atoms with Crippen molar-refractivity contribution >= 4 is 34.2 Å². The van der Waals surface area contributed by atoms with E-state index in [4.69, 9.17) is 19.2 Å². The maximum atomic E-state index is 14.3. The molecule has 0 N–H and O–H groups in total. The van der Waals surface area contributed by atoms with Crippen LogP contribution in [0.15, 0.2) is 112 Å². The zero-order valence-electron chi connectivity index (χ0n) is 24.8. The van der Waals surface area contributed by atoms with Gasteiger partial charge in [0, 0.05) is 5.56 Å². The second kappa shape index (κ2) is 12.7. The zero-order chi connectivity index (χ0) is 30.6. The van der Waals surface area contributed by atoms with Gasteiger partial charge in [-0.05, 0) is 66.9 Å². The van der Waals surface area contributed by atoms with Gasteiger partial charge in [-0.2, -0.15) is 0 Å². The summed E-state index contributed by atoms with van der Waals surface area (Å²) in [5.74, 6) is 0.887. The van der Waals surface area contributed by atoms with Crippen LogP contribution in [0.4, 0.5) is 0 Å². The van der Waals surface area contributed by atoms with Gasteiger partial charge < -0.3 is 14.2 Å². The van der Waals surface area contributed by atoms with Crippen LogP contribution in [-0.4, -0.2) is 23.8 Å². The first-order valence-electron chi connectivity index (χ1n) is 14.6. The van der Waals surface area contributed by atoms with Crippen molar-refractivity contribution in [1.82, 2.24) is 4.57 Å². The number of allylic oxidation sites excluding steroid dienone is 1. The van der Waals surface area contributed by atoms with Crippen molar-refractivity contribution in [3.8, 4) is 11.5 Å². The molecule has 0 saturated carbocycles. The third-order valence-electron chi connectivity index (χ3n) is 7.47. The highest BCUT2D eigenvalue weighted by molar-refractivity contribution is 7.07. The van der Waals surface area contributed by atoms with E-state index in [1.165, 1.54) is 11.3 Å². The van der Waals surface area contributed by atoms with Crippen molar-refractivity contribution < 1.29 is 19.0 Å². The van der Waals surface area contributed by atoms with Gasteiger partial charge in [-0.25, -0.2) is 9.79 Å². The van der Waals surface area contributed by atoms with Gasteiger partial charge in [-0.3, -0.25) is 9.36 Å². The Balaban J connectivity index is 1.52. The molecule has 44 heavy (non-hydrogen) atoms. The highest BCUT2D eigenvalue weighted by atomic mass is 32.1. The van der Waals surface area contributed by atoms with Gasteiger partial charge in [0.25, 0.3) is 5.56 Å². The molecule has 0 radical (unpaired) electrons. The summed E-state index contributed by atoms with van der Waals surface area (Å²) in [6.07, 6.45) is 1.88. The Bertz CT molecular complexity index is 2040. The molecule has 0 amide bonds. The summed E-state index contributed by atoms with van der Waals surface area (Å²) in [6.45, 7) is 6.60. The largest absolute Gasteiger partial charge is 0.494 e. The summed E-state index contributed by atoms with van der Waals surface area (Å²) in [4.78, 5) is 32.8. The standard InChI is InChI=1S/C36H32N2O5S/c1-4-41-27-18-15-26(16-19-27)33-32(35(40)42-5-2)23(3)37-36-38(33)34(39)31(44-36)21-29-28-14-10-9-13-25(28)17-20-30(29)43-22-24-11-7-6-8-12-24/h6-21,33H,4-5,22H2,1-3H3/b31-21-/t33-/m1/s1. The number of nitrogens with zero attached hydrogens (tertiary/aromatic N) is 2. The number of ether oxygens (including phenoxy) is 3. The Morgan fingerprint density at radius 2 is 1.66 bits per heavy atom. The van der Waals surface area contributed by atoms with Crippen LogP contribution in [-0.2, 0) is 16.1 Å². The van der Waals surface area contributed by atoms with E-state index in [0.29, 0.717) is 45.3 Å². The van der Waals surface area contributed by atoms with Gasteiger partial charge in [-0.15, -0.1) is 0 Å². The van der Waals surface area contributed by atoms with Crippen molar-refractivity contribution in [3.63, 3.8) is 0 Å². The summed E-state index contributed by atoms with van der Waals surface area (Å²) < 4.78 is 19.5. The summed E-state index contributed by atoms with van der Waals surface area (Å²) >= 11 is 1.29. The molecule has 2 heterocycles. The maximum absolute atomic E-state index is 14.3. The third-order valence-corrected chi connectivity index (χ3v) is 8.45. The van der Waals surface area contributed by atoms with E-state index in [1.54, 1.807) is 18.4 Å². The van der Waals surface area contributed by atoms with Crippen molar-refractivity contribution in [3.05, 3.63) is 139 Å². The summed E-state index contributed by atoms with van der Waals surface area (Å²) in [6, 6.07) is 28.7. The number of carbonyl (C=O) groups excluding carboxylic acids is 1. The molecule has 0 aliphatic carbocycles. The molecule has 1 aromatic heterocycles. The quantitative estimate of drug-likeness (QED) is 0.195. The molecule has 0 bridgehead atoms. The first kappa shape index (κ1) is 29.1. The van der Waals surface area contributed by atoms with Crippen LogP contribution in [0, 0.1) is 0 Å². The van der Waals surface area contributed by atoms with E-state index in [1.807, 2.05) is 104 Å². The second-order valence-electron chi connectivity index (χ2n) is 10.3. The number of carbonyl (C=O) groups is 1. The normalized spacial score (nSPS) is 14.7. The number of benzene rings is 4. The number of esters is 1. The monoisotopic (exact) mass is 604 g/mol. The molecule has 1 aliphatic rings. The van der Waals surface area contributed by atoms with E-state index in [0.717, 1.165) is 27.5 Å². The molecule has 5 aromatic rings. The lowest BCUT2D eigenvalue weighted by Crippen LogP contribution is -2.39. The van der Waals surface area contributed by atoms with Crippen LogP contribution < -0.4 is 24.4 Å². The highest BCUT2D eigenvalue weighted by Gasteiger charge is 2.33. The van der Waals surface area contributed by atoms with E-state index in [-0.39, 0.29) is 12.2 Å². The fraction of sp³-hybridized carbons (Fsp3) is 0.194. The lowest BCUT2D eigenvalue weighted by molar-refractivity contribution is -0.139. The molecule has 4 aromatic carbocycles. The molecule has 1 aliphatic heterocycles. The van der Waals surface area contributed by atoms with Crippen LogP contribution >= 0.6 is 11.3 Å². The molecule has 0 fully saturated rings. The van der Waals surface area contributed by atoms with Gasteiger partial charge in [0.2, 0.25) is 0 Å². The fourth-order valence-electron chi connectivity index (χ4n) is 5.44. The maximum Gasteiger partial charge on any atom is 0.338 e. The SMILES string of the molecule is CCOC(=O)C1=C(C)N=c2s/c(=C\c3c(OCc4ccccc4)ccc4ccccc34)c(=O)n2[C@@H]1c1ccc(OCC)cc1. The average Bonchev–Trinajstić information content (AvgIpc) is 3.35. The molecule has 1 atom stereocenters. The number of thiazole rings is 1. The van der Waals surface area contributed by atoms with Crippen molar-refractivity contribution in [2.75, 3.05) is 13.2 Å². The molecule has 7 nitrogen and oxygen atoms in total. The van der Waals surface area contributed by atoms with Crippen molar-refractivity contribution in [2.45, 2.75) is 33.4 Å². The van der Waals surface area contributed by atoms with Gasteiger partial charge in [0.05, 0.1) is 35.1 Å². The first-order chi connectivity index (χ1) is 21.5. The number of aromatic nitrogens is 1. The smallest absolute Gasteiger partial charge is 0.338 e. The van der Waals surface area contributed by atoms with Gasteiger partial charge in [-0.1, -0.05) is 84.1 Å². The Kier molecular flexibility index (Phi) is 8.43. The minimum absolute atomic E-state index is 0.211. The van der Waals surface area contributed by atoms with Crippen LogP contribution in [0.3, 0.4) is 0 Å². The molecule has 6 rings (SSSR count). The van der Waals surface area contributed by atoms with Crippen LogP contribution in [0.25, 0.3) is 16.8 Å². The minimum atomic E-state index is -0.704. The number of rotatable bonds is 9. The molecule has 0 unspecified atom stereocenters. The summed E-state index contributed by atoms with van der Waals surface area (Å²) in [5.41, 5.74) is 3.23. The average molecular weight is 605 g/mol. The summed E-state index contributed by atoms with van der Waals surface area (Å²) in [5, 5.41) is 2.00. The Hall–Kier alpha value is -4.95. The lowest BCUT2D eigenvalue weighted by atomic mass is 9.96. The Morgan fingerprint density at radius 3 is 2.41 bits per heavy atom. The van der Waals surface area contributed by atoms with E-state index < -0.39 is 12.0 Å². The number of hydrogen-bond donors (Lipinski definition) is 0. The van der Waals surface area contributed by atoms with Gasteiger partial charge in [0.15, 0.2) is 4.80 Å². The number of hydrogen-bond acceptors (Lipinski definition) is 7. The van der Waals surface area contributed by atoms with E-state index >= 15 is 0 Å². The van der Waals surface area contributed by atoms with Crippen LogP contribution in [0.5, 0.6) is 11.5 Å². The Labute approximate surface area is 259 Å². The highest BCUT2D eigenvalue weighted by Crippen LogP contribution is 2.32. The zero-order valence-corrected chi connectivity index (χ0v) is 25.6. The number of fused-ring (bicyclic) bond motifs is 2. The molecule has 222 valence electrons. The lowest BCUT2D eigenvalue weighted by Gasteiger charge is -2.24. The molecule has 0 spiro atoms. The minimum Gasteiger partial charge on any atom is -0.494 e. The topological polar surface area (TPSA) is 79.1 Å². The predicted molar refractivity (Wildman–Crippen MR) is 173 cm³/mol. The first-order valence-corrected chi connectivity index (χ1v) is 15.4. The molecule has 8 heteroatoms. The third kappa shape index (κ3) is 5.68. The molecule has 0 saturated heterocycles. The van der Waals surface area contributed by atoms with Crippen LogP contribution in [0.2, 0.25) is 0 Å². The molecular weight excluding hydrogens is 572 g/mol. The molecular formula is C36H32N2O5S. The predicted octanol–water partition coefficient (Wildman–Crippen LogP) is 5.93. The van der Waals surface area contributed by atoms with Crippen molar-refractivity contribution in [2.24, 2.45) is 4.99 Å². The van der Waals surface area contributed by atoms with Crippen LogP contribution in [0.1, 0.15) is 43.5 Å².